The third kappa shape index (κ3) is 4.76. The molecule has 0 saturated carbocycles. The molecule has 0 aliphatic rings. The summed E-state index contributed by atoms with van der Waals surface area (Å²) in [5, 5.41) is 3.12. The summed E-state index contributed by atoms with van der Waals surface area (Å²) in [4.78, 5) is 0. The molecule has 1 N–H and O–H groups in total. The van der Waals surface area contributed by atoms with Crippen molar-refractivity contribution in [3.05, 3.63) is 34.1 Å². The fourth-order valence-corrected chi connectivity index (χ4v) is 2.14. The zero-order valence-corrected chi connectivity index (χ0v) is 10.8. The smallest absolute Gasteiger partial charge is 0.124 e. The summed E-state index contributed by atoms with van der Waals surface area (Å²) < 4.78 is 13.9. The standard InChI is InChI=1S/C12H17BrFN/c1-9(3-4-15-2)5-10-6-11(13)8-12(14)7-10/h6-9,15H,3-5H2,1-2H3. The average Bonchev–Trinajstić information content (AvgIpc) is 2.13. The molecule has 1 aromatic carbocycles. The highest BCUT2D eigenvalue weighted by atomic mass is 79.9. The first-order valence-electron chi connectivity index (χ1n) is 5.21. The van der Waals surface area contributed by atoms with Crippen molar-refractivity contribution in [3.8, 4) is 0 Å². The Balaban J connectivity index is 2.56. The molecule has 0 radical (unpaired) electrons. The highest BCUT2D eigenvalue weighted by molar-refractivity contribution is 9.10. The summed E-state index contributed by atoms with van der Waals surface area (Å²) in [6.07, 6.45) is 2.04. The van der Waals surface area contributed by atoms with E-state index < -0.39 is 0 Å². The summed E-state index contributed by atoms with van der Waals surface area (Å²) >= 11 is 3.30. The lowest BCUT2D eigenvalue weighted by Gasteiger charge is -2.11. The SMILES string of the molecule is CNCCC(C)Cc1cc(F)cc(Br)c1. The van der Waals surface area contributed by atoms with Crippen molar-refractivity contribution < 1.29 is 4.39 Å². The van der Waals surface area contributed by atoms with Gasteiger partial charge in [0.05, 0.1) is 0 Å². The summed E-state index contributed by atoms with van der Waals surface area (Å²) in [6.45, 7) is 3.20. The Hall–Kier alpha value is -0.410. The van der Waals surface area contributed by atoms with Gasteiger partial charge in [0.2, 0.25) is 0 Å². The molecule has 3 heteroatoms. The van der Waals surface area contributed by atoms with Gasteiger partial charge in [-0.25, -0.2) is 4.39 Å². The summed E-state index contributed by atoms with van der Waals surface area (Å²) in [7, 11) is 1.95. The van der Waals surface area contributed by atoms with Gasteiger partial charge in [0, 0.05) is 4.47 Å². The van der Waals surface area contributed by atoms with Crippen molar-refractivity contribution in [2.75, 3.05) is 13.6 Å². The second-order valence-electron chi connectivity index (χ2n) is 3.98. The zero-order valence-electron chi connectivity index (χ0n) is 9.19. The van der Waals surface area contributed by atoms with Crippen LogP contribution in [0.4, 0.5) is 4.39 Å². The molecular formula is C12H17BrFN. The fourth-order valence-electron chi connectivity index (χ4n) is 1.62. The van der Waals surface area contributed by atoms with Crippen LogP contribution in [-0.4, -0.2) is 13.6 Å². The number of hydrogen-bond acceptors (Lipinski definition) is 1. The van der Waals surface area contributed by atoms with E-state index in [1.807, 2.05) is 13.1 Å². The van der Waals surface area contributed by atoms with Crippen molar-refractivity contribution in [1.82, 2.24) is 5.32 Å². The molecule has 1 atom stereocenters. The molecule has 1 nitrogen and oxygen atoms in total. The van der Waals surface area contributed by atoms with Gasteiger partial charge in [-0.15, -0.1) is 0 Å². The van der Waals surface area contributed by atoms with E-state index in [0.717, 1.165) is 29.4 Å². The summed E-state index contributed by atoms with van der Waals surface area (Å²) in [5.74, 6) is 0.409. The van der Waals surface area contributed by atoms with Crippen molar-refractivity contribution in [2.24, 2.45) is 5.92 Å². The Morgan fingerprint density at radius 1 is 1.40 bits per heavy atom. The minimum Gasteiger partial charge on any atom is -0.320 e. The summed E-state index contributed by atoms with van der Waals surface area (Å²) in [5.41, 5.74) is 1.06. The molecule has 0 aromatic heterocycles. The van der Waals surface area contributed by atoms with E-state index in [1.54, 1.807) is 6.07 Å². The number of halogens is 2. The number of benzene rings is 1. The van der Waals surface area contributed by atoms with Crippen LogP contribution in [0.5, 0.6) is 0 Å². The maximum absolute atomic E-state index is 13.1. The Morgan fingerprint density at radius 2 is 2.13 bits per heavy atom. The van der Waals surface area contributed by atoms with Gasteiger partial charge in [0.15, 0.2) is 0 Å². The van der Waals surface area contributed by atoms with Crippen LogP contribution < -0.4 is 5.32 Å². The van der Waals surface area contributed by atoms with Crippen molar-refractivity contribution in [3.63, 3.8) is 0 Å². The predicted octanol–water partition coefficient (Wildman–Crippen LogP) is 3.38. The zero-order chi connectivity index (χ0) is 11.3. The maximum Gasteiger partial charge on any atom is 0.124 e. The molecule has 15 heavy (non-hydrogen) atoms. The normalized spacial score (nSPS) is 12.8. The van der Waals surface area contributed by atoms with Gasteiger partial charge >= 0.3 is 0 Å². The van der Waals surface area contributed by atoms with E-state index in [9.17, 15) is 4.39 Å². The van der Waals surface area contributed by atoms with Crippen LogP contribution in [0.3, 0.4) is 0 Å². The van der Waals surface area contributed by atoms with Crippen LogP contribution in [0.25, 0.3) is 0 Å². The van der Waals surface area contributed by atoms with Crippen LogP contribution >= 0.6 is 15.9 Å². The molecule has 0 spiro atoms. The van der Waals surface area contributed by atoms with Crippen LogP contribution in [0.2, 0.25) is 0 Å². The largest absolute Gasteiger partial charge is 0.320 e. The van der Waals surface area contributed by atoms with Gasteiger partial charge in [-0.2, -0.15) is 0 Å². The lowest BCUT2D eigenvalue weighted by molar-refractivity contribution is 0.513. The Kier molecular flexibility index (Phi) is 5.26. The van der Waals surface area contributed by atoms with Crippen molar-refractivity contribution >= 4 is 15.9 Å². The van der Waals surface area contributed by atoms with Gasteiger partial charge < -0.3 is 5.32 Å². The molecule has 0 aliphatic heterocycles. The Labute approximate surface area is 99.2 Å². The van der Waals surface area contributed by atoms with Gasteiger partial charge in [-0.3, -0.25) is 0 Å². The van der Waals surface area contributed by atoms with Crippen LogP contribution in [0, 0.1) is 11.7 Å². The molecule has 0 heterocycles. The molecule has 1 rings (SSSR count). The van der Waals surface area contributed by atoms with Crippen LogP contribution in [-0.2, 0) is 6.42 Å². The molecule has 1 unspecified atom stereocenters. The molecule has 0 bridgehead atoms. The van der Waals surface area contributed by atoms with Gasteiger partial charge in [-0.05, 0) is 56.1 Å². The van der Waals surface area contributed by atoms with Crippen molar-refractivity contribution in [2.45, 2.75) is 19.8 Å². The van der Waals surface area contributed by atoms with Gasteiger partial charge in [-0.1, -0.05) is 22.9 Å². The molecule has 0 saturated heterocycles. The molecular weight excluding hydrogens is 257 g/mol. The molecule has 1 aromatic rings. The number of nitrogens with one attached hydrogen (secondary N) is 1. The average molecular weight is 274 g/mol. The lowest BCUT2D eigenvalue weighted by Crippen LogP contribution is -2.12. The monoisotopic (exact) mass is 273 g/mol. The van der Waals surface area contributed by atoms with Crippen LogP contribution in [0.15, 0.2) is 22.7 Å². The third-order valence-corrected chi connectivity index (χ3v) is 2.85. The minimum absolute atomic E-state index is 0.166. The first kappa shape index (κ1) is 12.7. The first-order chi connectivity index (χ1) is 7.11. The van der Waals surface area contributed by atoms with E-state index in [-0.39, 0.29) is 5.82 Å². The highest BCUT2D eigenvalue weighted by Crippen LogP contribution is 2.18. The Bertz CT molecular complexity index is 294. The van der Waals surface area contributed by atoms with E-state index in [2.05, 4.69) is 28.2 Å². The van der Waals surface area contributed by atoms with E-state index in [4.69, 9.17) is 0 Å². The van der Waals surface area contributed by atoms with E-state index in [0.29, 0.717) is 5.92 Å². The molecule has 0 fully saturated rings. The molecule has 0 amide bonds. The predicted molar refractivity (Wildman–Crippen MR) is 65.5 cm³/mol. The van der Waals surface area contributed by atoms with E-state index in [1.165, 1.54) is 6.07 Å². The van der Waals surface area contributed by atoms with Crippen molar-refractivity contribution in [1.29, 1.82) is 0 Å². The topological polar surface area (TPSA) is 12.0 Å². The lowest BCUT2D eigenvalue weighted by atomic mass is 9.98. The quantitative estimate of drug-likeness (QED) is 0.868. The minimum atomic E-state index is -0.166. The van der Waals surface area contributed by atoms with E-state index >= 15 is 0 Å². The first-order valence-corrected chi connectivity index (χ1v) is 6.00. The second-order valence-corrected chi connectivity index (χ2v) is 4.89. The van der Waals surface area contributed by atoms with Gasteiger partial charge in [0.1, 0.15) is 5.82 Å². The highest BCUT2D eigenvalue weighted by Gasteiger charge is 2.05. The second kappa shape index (κ2) is 6.23. The number of rotatable bonds is 5. The Morgan fingerprint density at radius 3 is 2.73 bits per heavy atom. The van der Waals surface area contributed by atoms with Gasteiger partial charge in [0.25, 0.3) is 0 Å². The molecule has 0 aliphatic carbocycles. The number of hydrogen-bond donors (Lipinski definition) is 1. The third-order valence-electron chi connectivity index (χ3n) is 2.39. The summed E-state index contributed by atoms with van der Waals surface area (Å²) in [6, 6.07) is 5.08. The fraction of sp³-hybridized carbons (Fsp3) is 0.500. The molecule has 84 valence electrons. The maximum atomic E-state index is 13.1. The van der Waals surface area contributed by atoms with Crippen LogP contribution in [0.1, 0.15) is 18.9 Å².